The van der Waals surface area contributed by atoms with E-state index >= 15 is 0 Å². The van der Waals surface area contributed by atoms with E-state index < -0.39 is 0 Å². The number of aromatic nitrogens is 1. The summed E-state index contributed by atoms with van der Waals surface area (Å²) >= 11 is 0. The molecule has 0 radical (unpaired) electrons. The van der Waals surface area contributed by atoms with Crippen molar-refractivity contribution in [1.82, 2.24) is 4.98 Å². The third-order valence-electron chi connectivity index (χ3n) is 3.61. The molecule has 0 bridgehead atoms. The maximum absolute atomic E-state index is 12.5. The molecule has 1 aromatic heterocycles. The Morgan fingerprint density at radius 1 is 1.04 bits per heavy atom. The van der Waals surface area contributed by atoms with Crippen LogP contribution in [0.25, 0.3) is 10.9 Å². The maximum Gasteiger partial charge on any atom is 0.255 e. The topological polar surface area (TPSA) is 51.2 Å². The zero-order chi connectivity index (χ0) is 17.1. The second-order valence-electron chi connectivity index (χ2n) is 5.97. The number of rotatable bonds is 4. The van der Waals surface area contributed by atoms with Crippen LogP contribution >= 0.6 is 0 Å². The lowest BCUT2D eigenvalue weighted by Gasteiger charge is -2.11. The Morgan fingerprint density at radius 2 is 1.79 bits per heavy atom. The van der Waals surface area contributed by atoms with Crippen molar-refractivity contribution in [1.29, 1.82) is 0 Å². The van der Waals surface area contributed by atoms with Crippen molar-refractivity contribution in [2.45, 2.75) is 26.9 Å². The van der Waals surface area contributed by atoms with Gasteiger partial charge in [-0.2, -0.15) is 0 Å². The van der Waals surface area contributed by atoms with E-state index in [-0.39, 0.29) is 12.0 Å². The molecule has 4 heteroatoms. The lowest BCUT2D eigenvalue weighted by molar-refractivity contribution is 0.102. The molecule has 2 aromatic carbocycles. The fourth-order valence-electron chi connectivity index (χ4n) is 2.52. The van der Waals surface area contributed by atoms with Gasteiger partial charge in [0.15, 0.2) is 0 Å². The number of hydrogen-bond donors (Lipinski definition) is 1. The van der Waals surface area contributed by atoms with Gasteiger partial charge in [0.25, 0.3) is 5.91 Å². The van der Waals surface area contributed by atoms with Crippen molar-refractivity contribution in [2.75, 3.05) is 5.32 Å². The van der Waals surface area contributed by atoms with Gasteiger partial charge in [-0.1, -0.05) is 6.07 Å². The third-order valence-corrected chi connectivity index (χ3v) is 3.61. The molecule has 4 nitrogen and oxygen atoms in total. The van der Waals surface area contributed by atoms with Crippen LogP contribution < -0.4 is 10.1 Å². The number of carbonyl (C=O) groups is 1. The quantitative estimate of drug-likeness (QED) is 0.765. The number of anilines is 1. The molecule has 1 N–H and O–H groups in total. The molecule has 0 fully saturated rings. The molecular formula is C20H20N2O2. The third kappa shape index (κ3) is 3.54. The predicted molar refractivity (Wildman–Crippen MR) is 96.6 cm³/mol. The summed E-state index contributed by atoms with van der Waals surface area (Å²) in [6.07, 6.45) is 0.108. The van der Waals surface area contributed by atoms with Crippen LogP contribution in [0.4, 0.5) is 5.69 Å². The van der Waals surface area contributed by atoms with E-state index in [0.717, 1.165) is 28.0 Å². The number of hydrogen-bond acceptors (Lipinski definition) is 3. The number of carbonyl (C=O) groups excluding carboxylic acids is 1. The molecule has 122 valence electrons. The van der Waals surface area contributed by atoms with Crippen molar-refractivity contribution in [3.8, 4) is 5.75 Å². The first kappa shape index (κ1) is 16.0. The van der Waals surface area contributed by atoms with Crippen molar-refractivity contribution in [3.05, 3.63) is 65.9 Å². The molecule has 0 aliphatic heterocycles. The normalized spacial score (nSPS) is 10.8. The Kier molecular flexibility index (Phi) is 4.47. The average molecular weight is 320 g/mol. The summed E-state index contributed by atoms with van der Waals surface area (Å²) in [5, 5.41) is 3.89. The summed E-state index contributed by atoms with van der Waals surface area (Å²) in [5.74, 6) is 0.602. The Labute approximate surface area is 141 Å². The molecule has 0 aliphatic carbocycles. The molecule has 0 atom stereocenters. The highest BCUT2D eigenvalue weighted by Crippen LogP contribution is 2.23. The molecule has 0 saturated carbocycles. The van der Waals surface area contributed by atoms with Gasteiger partial charge in [-0.25, -0.2) is 0 Å². The highest BCUT2D eigenvalue weighted by molar-refractivity contribution is 6.08. The van der Waals surface area contributed by atoms with Gasteiger partial charge < -0.3 is 10.1 Å². The van der Waals surface area contributed by atoms with Gasteiger partial charge in [0.05, 0.1) is 17.3 Å². The Morgan fingerprint density at radius 3 is 2.50 bits per heavy atom. The van der Waals surface area contributed by atoms with Crippen molar-refractivity contribution in [3.63, 3.8) is 0 Å². The van der Waals surface area contributed by atoms with Gasteiger partial charge in [-0.15, -0.1) is 0 Å². The number of nitrogens with one attached hydrogen (secondary N) is 1. The zero-order valence-corrected chi connectivity index (χ0v) is 14.0. The molecular weight excluding hydrogens is 300 g/mol. The Balaban J connectivity index is 1.82. The number of benzene rings is 2. The molecule has 24 heavy (non-hydrogen) atoms. The van der Waals surface area contributed by atoms with Crippen LogP contribution in [0.2, 0.25) is 0 Å². The van der Waals surface area contributed by atoms with Crippen LogP contribution in [0.5, 0.6) is 5.75 Å². The zero-order valence-electron chi connectivity index (χ0n) is 14.0. The van der Waals surface area contributed by atoms with Gasteiger partial charge in [0, 0.05) is 16.6 Å². The van der Waals surface area contributed by atoms with Crippen molar-refractivity contribution in [2.24, 2.45) is 0 Å². The predicted octanol–water partition coefficient (Wildman–Crippen LogP) is 4.58. The smallest absolute Gasteiger partial charge is 0.255 e. The van der Waals surface area contributed by atoms with E-state index in [1.54, 1.807) is 12.1 Å². The van der Waals surface area contributed by atoms with Gasteiger partial charge in [-0.3, -0.25) is 9.78 Å². The van der Waals surface area contributed by atoms with E-state index in [2.05, 4.69) is 10.3 Å². The van der Waals surface area contributed by atoms with Crippen LogP contribution in [0, 0.1) is 6.92 Å². The highest BCUT2D eigenvalue weighted by atomic mass is 16.5. The standard InChI is InChI=1S/C20H20N2O2/c1-13(2)24-16-10-8-15(9-11-16)20(23)22-19-6-4-5-18-17(19)12-7-14(3)21-18/h4-13H,1-3H3,(H,22,23). The van der Waals surface area contributed by atoms with E-state index in [1.165, 1.54) is 0 Å². The van der Waals surface area contributed by atoms with Gasteiger partial charge in [0.1, 0.15) is 5.75 Å². The van der Waals surface area contributed by atoms with Gasteiger partial charge >= 0.3 is 0 Å². The van der Waals surface area contributed by atoms with E-state index in [9.17, 15) is 4.79 Å². The second-order valence-corrected chi connectivity index (χ2v) is 5.97. The molecule has 3 rings (SSSR count). The average Bonchev–Trinajstić information content (AvgIpc) is 2.55. The SMILES string of the molecule is Cc1ccc2c(NC(=O)c3ccc(OC(C)C)cc3)cccc2n1. The van der Waals surface area contributed by atoms with E-state index in [0.29, 0.717) is 5.56 Å². The highest BCUT2D eigenvalue weighted by Gasteiger charge is 2.09. The Bertz CT molecular complexity index is 870. The molecule has 0 saturated heterocycles. The summed E-state index contributed by atoms with van der Waals surface area (Å²) in [6, 6.07) is 16.8. The molecule has 0 aliphatic rings. The minimum Gasteiger partial charge on any atom is -0.491 e. The number of nitrogens with zero attached hydrogens (tertiary/aromatic N) is 1. The second kappa shape index (κ2) is 6.71. The van der Waals surface area contributed by atoms with Crippen LogP contribution in [0.15, 0.2) is 54.6 Å². The molecule has 0 unspecified atom stereocenters. The van der Waals surface area contributed by atoms with Crippen molar-refractivity contribution >= 4 is 22.5 Å². The summed E-state index contributed by atoms with van der Waals surface area (Å²) in [5.41, 5.74) is 3.16. The largest absolute Gasteiger partial charge is 0.491 e. The van der Waals surface area contributed by atoms with E-state index in [1.807, 2.05) is 63.2 Å². The van der Waals surface area contributed by atoms with E-state index in [4.69, 9.17) is 4.74 Å². The molecule has 3 aromatic rings. The lowest BCUT2D eigenvalue weighted by Crippen LogP contribution is -2.12. The van der Waals surface area contributed by atoms with Crippen LogP contribution in [0.3, 0.4) is 0 Å². The van der Waals surface area contributed by atoms with Crippen LogP contribution in [-0.2, 0) is 0 Å². The molecule has 1 amide bonds. The minimum atomic E-state index is -0.154. The number of pyridine rings is 1. The summed E-state index contributed by atoms with van der Waals surface area (Å²) in [6.45, 7) is 5.89. The number of fused-ring (bicyclic) bond motifs is 1. The fourth-order valence-corrected chi connectivity index (χ4v) is 2.52. The molecule has 0 spiro atoms. The first-order chi connectivity index (χ1) is 11.5. The molecule has 1 heterocycles. The number of amides is 1. The van der Waals surface area contributed by atoms with Gasteiger partial charge in [0.2, 0.25) is 0 Å². The number of aryl methyl sites for hydroxylation is 1. The summed E-state index contributed by atoms with van der Waals surface area (Å²) in [4.78, 5) is 17.0. The fraction of sp³-hybridized carbons (Fsp3) is 0.200. The van der Waals surface area contributed by atoms with Crippen LogP contribution in [0.1, 0.15) is 29.9 Å². The summed E-state index contributed by atoms with van der Waals surface area (Å²) < 4.78 is 5.60. The first-order valence-electron chi connectivity index (χ1n) is 7.97. The minimum absolute atomic E-state index is 0.108. The first-order valence-corrected chi connectivity index (χ1v) is 7.97. The Hall–Kier alpha value is -2.88. The summed E-state index contributed by atoms with van der Waals surface area (Å²) in [7, 11) is 0. The number of ether oxygens (including phenoxy) is 1. The van der Waals surface area contributed by atoms with Gasteiger partial charge in [-0.05, 0) is 69.3 Å². The lowest BCUT2D eigenvalue weighted by atomic mass is 10.1. The van der Waals surface area contributed by atoms with Crippen LogP contribution in [-0.4, -0.2) is 17.0 Å². The maximum atomic E-state index is 12.5. The monoisotopic (exact) mass is 320 g/mol. The van der Waals surface area contributed by atoms with Crippen molar-refractivity contribution < 1.29 is 9.53 Å².